The van der Waals surface area contributed by atoms with Gasteiger partial charge in [0.1, 0.15) is 6.23 Å². The number of carbonyl (C=O) groups is 1. The minimum Gasteiger partial charge on any atom is -0.373 e. The number of nitrogens with zero attached hydrogens (tertiary/aromatic N) is 1. The normalized spacial score (nSPS) is 29.5. The summed E-state index contributed by atoms with van der Waals surface area (Å²) in [6.07, 6.45) is -0.0794. The largest absolute Gasteiger partial charge is 0.373 e. The van der Waals surface area contributed by atoms with Crippen LogP contribution in [-0.4, -0.2) is 28.2 Å². The van der Waals surface area contributed by atoms with Crippen LogP contribution >= 0.6 is 0 Å². The number of amides is 1. The lowest BCUT2D eigenvalue weighted by atomic mass is 9.94. The van der Waals surface area contributed by atoms with Gasteiger partial charge in [0.2, 0.25) is 5.91 Å². The van der Waals surface area contributed by atoms with E-state index in [1.807, 2.05) is 27.7 Å². The van der Waals surface area contributed by atoms with E-state index in [4.69, 9.17) is 0 Å². The van der Waals surface area contributed by atoms with Crippen molar-refractivity contribution in [3.63, 3.8) is 0 Å². The highest BCUT2D eigenvalue weighted by molar-refractivity contribution is 5.79. The minimum absolute atomic E-state index is 0.0844. The van der Waals surface area contributed by atoms with Crippen LogP contribution in [-0.2, 0) is 4.79 Å². The maximum Gasteiger partial charge on any atom is 0.225 e. The number of carbonyl (C=O) groups excluding carboxylic acids is 1. The van der Waals surface area contributed by atoms with E-state index in [1.165, 1.54) is 0 Å². The zero-order chi connectivity index (χ0) is 10.2. The molecule has 0 spiro atoms. The number of likely N-dealkylation sites (tertiary alicyclic amines) is 1. The first-order chi connectivity index (χ1) is 5.95. The van der Waals surface area contributed by atoms with Crippen molar-refractivity contribution in [1.29, 1.82) is 0 Å². The monoisotopic (exact) mass is 185 g/mol. The summed E-state index contributed by atoms with van der Waals surface area (Å²) < 4.78 is 0. The van der Waals surface area contributed by atoms with Crippen molar-refractivity contribution in [3.05, 3.63) is 0 Å². The Labute approximate surface area is 79.7 Å². The van der Waals surface area contributed by atoms with Crippen LogP contribution in [0, 0.1) is 11.8 Å². The van der Waals surface area contributed by atoms with Crippen LogP contribution in [0.1, 0.15) is 34.1 Å². The van der Waals surface area contributed by atoms with Crippen molar-refractivity contribution in [2.24, 2.45) is 11.8 Å². The third-order valence-corrected chi connectivity index (χ3v) is 2.78. The molecule has 1 amide bonds. The van der Waals surface area contributed by atoms with Gasteiger partial charge in [-0.2, -0.15) is 0 Å². The number of aliphatic hydroxyl groups excluding tert-OH is 1. The van der Waals surface area contributed by atoms with Crippen LogP contribution in [0.5, 0.6) is 0 Å². The highest BCUT2D eigenvalue weighted by atomic mass is 16.3. The summed E-state index contributed by atoms with van der Waals surface area (Å²) in [6, 6.07) is 0.103. The Balaban J connectivity index is 2.75. The number of hydrogen-bond acceptors (Lipinski definition) is 2. The smallest absolute Gasteiger partial charge is 0.225 e. The van der Waals surface area contributed by atoms with Gasteiger partial charge < -0.3 is 10.0 Å². The molecule has 1 saturated heterocycles. The molecule has 2 atom stereocenters. The maximum atomic E-state index is 11.5. The van der Waals surface area contributed by atoms with Crippen molar-refractivity contribution in [2.45, 2.75) is 46.4 Å². The van der Waals surface area contributed by atoms with Gasteiger partial charge >= 0.3 is 0 Å². The van der Waals surface area contributed by atoms with Crippen molar-refractivity contribution in [3.8, 4) is 0 Å². The molecule has 1 fully saturated rings. The first-order valence-electron chi connectivity index (χ1n) is 4.94. The van der Waals surface area contributed by atoms with Crippen LogP contribution in [0.15, 0.2) is 0 Å². The Morgan fingerprint density at radius 1 is 1.38 bits per heavy atom. The standard InChI is InChI=1S/C10H19NO2/c1-6(2)8-5-9(12)11(7(3)4)10(8)13/h6-8,10,13H,5H2,1-4H3. The summed E-state index contributed by atoms with van der Waals surface area (Å²) in [4.78, 5) is 13.1. The summed E-state index contributed by atoms with van der Waals surface area (Å²) in [5.74, 6) is 0.554. The van der Waals surface area contributed by atoms with Gasteiger partial charge in [-0.1, -0.05) is 13.8 Å². The molecule has 1 aliphatic heterocycles. The Bertz CT molecular complexity index is 201. The number of rotatable bonds is 2. The Hall–Kier alpha value is -0.570. The maximum absolute atomic E-state index is 11.5. The molecule has 1 rings (SSSR count). The lowest BCUT2D eigenvalue weighted by Crippen LogP contribution is -2.40. The molecule has 0 aromatic heterocycles. The molecule has 2 unspecified atom stereocenters. The second kappa shape index (κ2) is 3.66. The number of hydrogen-bond donors (Lipinski definition) is 1. The number of aliphatic hydroxyl groups is 1. The summed E-state index contributed by atoms with van der Waals surface area (Å²) >= 11 is 0. The summed E-state index contributed by atoms with van der Waals surface area (Å²) in [7, 11) is 0. The van der Waals surface area contributed by atoms with Crippen LogP contribution < -0.4 is 0 Å². The van der Waals surface area contributed by atoms with Crippen molar-refractivity contribution < 1.29 is 9.90 Å². The molecule has 3 heteroatoms. The molecule has 0 radical (unpaired) electrons. The average Bonchev–Trinajstić information content (AvgIpc) is 2.26. The molecule has 0 bridgehead atoms. The van der Waals surface area contributed by atoms with Gasteiger partial charge in [0.05, 0.1) is 0 Å². The second-order valence-corrected chi connectivity index (χ2v) is 4.42. The van der Waals surface area contributed by atoms with E-state index in [1.54, 1.807) is 4.90 Å². The van der Waals surface area contributed by atoms with E-state index in [0.717, 1.165) is 0 Å². The fraction of sp³-hybridized carbons (Fsp3) is 0.900. The molecule has 76 valence electrons. The molecule has 0 aromatic rings. The molecule has 3 nitrogen and oxygen atoms in total. The fourth-order valence-electron chi connectivity index (χ4n) is 1.94. The summed E-state index contributed by atoms with van der Waals surface area (Å²) in [6.45, 7) is 7.96. The molecular weight excluding hydrogens is 166 g/mol. The minimum atomic E-state index is -0.576. The van der Waals surface area contributed by atoms with Crippen LogP contribution in [0.3, 0.4) is 0 Å². The zero-order valence-corrected chi connectivity index (χ0v) is 8.82. The van der Waals surface area contributed by atoms with Crippen molar-refractivity contribution >= 4 is 5.91 Å². The Morgan fingerprint density at radius 2 is 1.92 bits per heavy atom. The topological polar surface area (TPSA) is 40.5 Å². The molecule has 13 heavy (non-hydrogen) atoms. The van der Waals surface area contributed by atoms with Gasteiger partial charge in [0.15, 0.2) is 0 Å². The first-order valence-corrected chi connectivity index (χ1v) is 4.94. The highest BCUT2D eigenvalue weighted by Gasteiger charge is 2.40. The lowest BCUT2D eigenvalue weighted by Gasteiger charge is -2.28. The van der Waals surface area contributed by atoms with E-state index in [0.29, 0.717) is 12.3 Å². The van der Waals surface area contributed by atoms with Gasteiger partial charge in [-0.05, 0) is 19.8 Å². The van der Waals surface area contributed by atoms with E-state index in [2.05, 4.69) is 0 Å². The van der Waals surface area contributed by atoms with Crippen LogP contribution in [0.4, 0.5) is 0 Å². The average molecular weight is 185 g/mol. The van der Waals surface area contributed by atoms with E-state index in [9.17, 15) is 9.90 Å². The predicted molar refractivity (Wildman–Crippen MR) is 50.9 cm³/mol. The van der Waals surface area contributed by atoms with E-state index < -0.39 is 6.23 Å². The molecule has 1 aliphatic rings. The molecule has 0 aliphatic carbocycles. The van der Waals surface area contributed by atoms with E-state index in [-0.39, 0.29) is 17.9 Å². The van der Waals surface area contributed by atoms with Crippen molar-refractivity contribution in [1.82, 2.24) is 4.90 Å². The van der Waals surface area contributed by atoms with Gasteiger partial charge in [0.25, 0.3) is 0 Å². The summed E-state index contributed by atoms with van der Waals surface area (Å²) in [5.41, 5.74) is 0. The van der Waals surface area contributed by atoms with Gasteiger partial charge in [0, 0.05) is 18.4 Å². The Kier molecular flexibility index (Phi) is 2.96. The first kappa shape index (κ1) is 10.5. The third kappa shape index (κ3) is 1.85. The molecular formula is C10H19NO2. The molecule has 1 N–H and O–H groups in total. The van der Waals surface area contributed by atoms with Crippen LogP contribution in [0.2, 0.25) is 0 Å². The highest BCUT2D eigenvalue weighted by Crippen LogP contribution is 2.31. The lowest BCUT2D eigenvalue weighted by molar-refractivity contribution is -0.136. The van der Waals surface area contributed by atoms with Gasteiger partial charge in [-0.15, -0.1) is 0 Å². The predicted octanol–water partition coefficient (Wildman–Crippen LogP) is 1.22. The van der Waals surface area contributed by atoms with Crippen molar-refractivity contribution in [2.75, 3.05) is 0 Å². The quantitative estimate of drug-likeness (QED) is 0.702. The summed E-state index contributed by atoms with van der Waals surface area (Å²) in [5, 5.41) is 9.87. The third-order valence-electron chi connectivity index (χ3n) is 2.78. The van der Waals surface area contributed by atoms with Crippen LogP contribution in [0.25, 0.3) is 0 Å². The van der Waals surface area contributed by atoms with Gasteiger partial charge in [-0.25, -0.2) is 0 Å². The molecule has 0 saturated carbocycles. The van der Waals surface area contributed by atoms with Gasteiger partial charge in [-0.3, -0.25) is 4.79 Å². The molecule has 1 heterocycles. The fourth-order valence-corrected chi connectivity index (χ4v) is 1.94. The second-order valence-electron chi connectivity index (χ2n) is 4.42. The SMILES string of the molecule is CC(C)C1CC(=O)N(C(C)C)C1O. The Morgan fingerprint density at radius 3 is 2.15 bits per heavy atom. The zero-order valence-electron chi connectivity index (χ0n) is 8.82. The van der Waals surface area contributed by atoms with E-state index >= 15 is 0 Å². The molecule has 0 aromatic carbocycles.